The Hall–Kier alpha value is -3.10. The van der Waals surface area contributed by atoms with Gasteiger partial charge in [-0.15, -0.1) is 0 Å². The number of carbonyl (C=O) groups is 2. The van der Waals surface area contributed by atoms with Gasteiger partial charge in [0.05, 0.1) is 12.1 Å². The molecule has 2 N–H and O–H groups in total. The number of benzene rings is 2. The first-order valence-corrected chi connectivity index (χ1v) is 9.43. The van der Waals surface area contributed by atoms with Crippen molar-refractivity contribution in [2.45, 2.75) is 39.8 Å². The molecule has 4 amide bonds. The quantitative estimate of drug-likeness (QED) is 0.427. The monoisotopic (exact) mass is 400 g/mol. The highest BCUT2D eigenvalue weighted by Crippen LogP contribution is 2.22. The summed E-state index contributed by atoms with van der Waals surface area (Å²) in [5.74, 6) is 0. The van der Waals surface area contributed by atoms with Crippen LogP contribution in [0.15, 0.2) is 60.7 Å². The topological polar surface area (TPSA) is 87.6 Å². The van der Waals surface area contributed by atoms with Crippen LogP contribution in [-0.4, -0.2) is 51.4 Å². The number of rotatable bonds is 6. The van der Waals surface area contributed by atoms with Gasteiger partial charge >= 0.3 is 12.1 Å². The molecule has 156 valence electrons. The molecule has 0 bridgehead atoms. The molecule has 0 spiro atoms. The summed E-state index contributed by atoms with van der Waals surface area (Å²) in [5, 5.41) is 21.7. The highest BCUT2D eigenvalue weighted by atomic mass is 16.5. The van der Waals surface area contributed by atoms with Crippen LogP contribution in [0.3, 0.4) is 0 Å². The maximum absolute atomic E-state index is 13.0. The van der Waals surface area contributed by atoms with Gasteiger partial charge in [0.2, 0.25) is 0 Å². The van der Waals surface area contributed by atoms with E-state index in [-0.39, 0.29) is 6.67 Å². The van der Waals surface area contributed by atoms with Crippen molar-refractivity contribution in [3.05, 3.63) is 60.7 Å². The van der Waals surface area contributed by atoms with Gasteiger partial charge in [-0.3, -0.25) is 20.2 Å². The minimum Gasteiger partial charge on any atom is -0.284 e. The summed E-state index contributed by atoms with van der Waals surface area (Å²) in [4.78, 5) is 28.5. The largest absolute Gasteiger partial charge is 0.349 e. The predicted octanol–water partition coefficient (Wildman–Crippen LogP) is 4.40. The minimum atomic E-state index is -0.686. The van der Waals surface area contributed by atoms with E-state index in [1.807, 2.05) is 0 Å². The average molecular weight is 400 g/mol. The van der Waals surface area contributed by atoms with Gasteiger partial charge in [-0.2, -0.15) is 0 Å². The molecule has 2 aromatic carbocycles. The molecular formula is C21H28N4O4. The molecule has 0 aliphatic heterocycles. The van der Waals surface area contributed by atoms with Crippen molar-refractivity contribution in [1.82, 2.24) is 10.1 Å². The molecule has 8 heteroatoms. The fourth-order valence-corrected chi connectivity index (χ4v) is 2.55. The zero-order chi connectivity index (χ0) is 21.6. The number of nitrogens with zero attached hydrogens (tertiary/aromatic N) is 4. The van der Waals surface area contributed by atoms with Crippen LogP contribution in [0.25, 0.3) is 0 Å². The summed E-state index contributed by atoms with van der Waals surface area (Å²) in [6.45, 7) is 6.49. The lowest BCUT2D eigenvalue weighted by atomic mass is 10.2. The van der Waals surface area contributed by atoms with E-state index in [9.17, 15) is 20.0 Å². The SMILES string of the molecule is CC(C)N(O)C(=O)N(CN(C(=O)N(O)C(C)C)c1ccccc1)c1ccccc1. The molecule has 0 atom stereocenters. The molecule has 0 heterocycles. The second-order valence-electron chi connectivity index (χ2n) is 7.11. The first kappa shape index (κ1) is 22.2. The number of para-hydroxylation sites is 2. The van der Waals surface area contributed by atoms with E-state index >= 15 is 0 Å². The van der Waals surface area contributed by atoms with Crippen molar-refractivity contribution in [1.29, 1.82) is 0 Å². The zero-order valence-corrected chi connectivity index (χ0v) is 17.1. The van der Waals surface area contributed by atoms with Gasteiger partial charge in [0.25, 0.3) is 0 Å². The standard InChI is InChI=1S/C21H28N4O4/c1-16(2)24(28)20(26)22(18-11-7-5-8-12-18)15-23(19-13-9-6-10-14-19)21(27)25(29)17(3)4/h5-14,16-17,28-29H,15H2,1-4H3. The van der Waals surface area contributed by atoms with Crippen LogP contribution in [0.1, 0.15) is 27.7 Å². The van der Waals surface area contributed by atoms with Crippen molar-refractivity contribution in [3.63, 3.8) is 0 Å². The summed E-state index contributed by atoms with van der Waals surface area (Å²) < 4.78 is 0. The number of hydroxylamine groups is 4. The summed E-state index contributed by atoms with van der Waals surface area (Å²) >= 11 is 0. The fourth-order valence-electron chi connectivity index (χ4n) is 2.55. The highest BCUT2D eigenvalue weighted by molar-refractivity contribution is 5.96. The van der Waals surface area contributed by atoms with Crippen molar-refractivity contribution < 1.29 is 20.0 Å². The molecule has 0 aliphatic carbocycles. The number of hydrogen-bond donors (Lipinski definition) is 2. The molecule has 2 aromatic rings. The van der Waals surface area contributed by atoms with E-state index in [0.29, 0.717) is 21.5 Å². The molecule has 0 unspecified atom stereocenters. The molecule has 0 aliphatic rings. The van der Waals surface area contributed by atoms with E-state index in [1.165, 1.54) is 9.80 Å². The molecule has 8 nitrogen and oxygen atoms in total. The van der Waals surface area contributed by atoms with Crippen LogP contribution in [0.5, 0.6) is 0 Å². The van der Waals surface area contributed by atoms with Crippen molar-refractivity contribution in [2.75, 3.05) is 16.5 Å². The molecule has 2 rings (SSSR count). The predicted molar refractivity (Wildman–Crippen MR) is 111 cm³/mol. The van der Waals surface area contributed by atoms with Gasteiger partial charge < -0.3 is 0 Å². The highest BCUT2D eigenvalue weighted by Gasteiger charge is 2.30. The Morgan fingerprint density at radius 3 is 1.28 bits per heavy atom. The smallest absolute Gasteiger partial charge is 0.284 e. The Kier molecular flexibility index (Phi) is 7.58. The number of urea groups is 2. The zero-order valence-electron chi connectivity index (χ0n) is 17.1. The van der Waals surface area contributed by atoms with Crippen LogP contribution in [-0.2, 0) is 0 Å². The van der Waals surface area contributed by atoms with Gasteiger partial charge in [-0.05, 0) is 52.0 Å². The lowest BCUT2D eigenvalue weighted by molar-refractivity contribution is -0.0669. The summed E-state index contributed by atoms with van der Waals surface area (Å²) in [6.07, 6.45) is 0. The number of anilines is 2. The van der Waals surface area contributed by atoms with Crippen LogP contribution >= 0.6 is 0 Å². The second kappa shape index (κ2) is 9.90. The number of carbonyl (C=O) groups excluding carboxylic acids is 2. The molecular weight excluding hydrogens is 372 g/mol. The molecule has 0 saturated carbocycles. The molecule has 0 radical (unpaired) electrons. The van der Waals surface area contributed by atoms with Crippen LogP contribution in [0.2, 0.25) is 0 Å². The third-order valence-corrected chi connectivity index (χ3v) is 4.25. The Bertz CT molecular complexity index is 731. The molecule has 0 saturated heterocycles. The first-order valence-electron chi connectivity index (χ1n) is 9.43. The minimum absolute atomic E-state index is 0.209. The van der Waals surface area contributed by atoms with Gasteiger partial charge in [0.15, 0.2) is 0 Å². The summed E-state index contributed by atoms with van der Waals surface area (Å²) in [6, 6.07) is 15.2. The average Bonchev–Trinajstić information content (AvgIpc) is 2.73. The van der Waals surface area contributed by atoms with Gasteiger partial charge in [-0.25, -0.2) is 19.7 Å². The third-order valence-electron chi connectivity index (χ3n) is 4.25. The maximum Gasteiger partial charge on any atom is 0.349 e. The summed E-state index contributed by atoms with van der Waals surface area (Å²) in [5.41, 5.74) is 1.000. The van der Waals surface area contributed by atoms with Crippen molar-refractivity contribution in [3.8, 4) is 0 Å². The Balaban J connectivity index is 2.47. The van der Waals surface area contributed by atoms with Gasteiger partial charge in [0, 0.05) is 11.4 Å². The van der Waals surface area contributed by atoms with Crippen molar-refractivity contribution >= 4 is 23.4 Å². The van der Waals surface area contributed by atoms with Gasteiger partial charge in [-0.1, -0.05) is 36.4 Å². The van der Waals surface area contributed by atoms with Crippen LogP contribution in [0, 0.1) is 0 Å². The fraction of sp³-hybridized carbons (Fsp3) is 0.333. The maximum atomic E-state index is 13.0. The van der Waals surface area contributed by atoms with E-state index in [2.05, 4.69) is 0 Å². The first-order chi connectivity index (χ1) is 13.7. The Morgan fingerprint density at radius 1 is 0.690 bits per heavy atom. The van der Waals surface area contributed by atoms with Crippen LogP contribution in [0.4, 0.5) is 21.0 Å². The Morgan fingerprint density at radius 2 is 1.00 bits per heavy atom. The number of amides is 4. The van der Waals surface area contributed by atoms with Gasteiger partial charge in [0.1, 0.15) is 6.67 Å². The normalized spacial score (nSPS) is 10.8. The van der Waals surface area contributed by atoms with Crippen molar-refractivity contribution in [2.24, 2.45) is 0 Å². The van der Waals surface area contributed by atoms with E-state index in [0.717, 1.165) is 0 Å². The molecule has 0 aromatic heterocycles. The Labute approximate surface area is 171 Å². The van der Waals surface area contributed by atoms with E-state index in [1.54, 1.807) is 88.4 Å². The van der Waals surface area contributed by atoms with Crippen LogP contribution < -0.4 is 9.80 Å². The lowest BCUT2D eigenvalue weighted by Gasteiger charge is -2.35. The lowest BCUT2D eigenvalue weighted by Crippen LogP contribution is -2.53. The molecule has 29 heavy (non-hydrogen) atoms. The van der Waals surface area contributed by atoms with E-state index in [4.69, 9.17) is 0 Å². The number of hydrogen-bond acceptors (Lipinski definition) is 4. The molecule has 0 fully saturated rings. The third kappa shape index (κ3) is 5.46. The second-order valence-corrected chi connectivity index (χ2v) is 7.11. The summed E-state index contributed by atoms with van der Waals surface area (Å²) in [7, 11) is 0. The van der Waals surface area contributed by atoms with E-state index < -0.39 is 24.1 Å².